The number of nitrogens with zero attached hydrogens (tertiary/aromatic N) is 2. The molecule has 12 heteroatoms. The van der Waals surface area contributed by atoms with Gasteiger partial charge in [0.15, 0.2) is 11.5 Å². The first-order valence-electron chi connectivity index (χ1n) is 14.9. The number of halogens is 2. The van der Waals surface area contributed by atoms with E-state index >= 15 is 0 Å². The molecule has 0 saturated heterocycles. The minimum absolute atomic E-state index is 0.00182. The van der Waals surface area contributed by atoms with Gasteiger partial charge in [-0.15, -0.1) is 0 Å². The van der Waals surface area contributed by atoms with Crippen LogP contribution in [0.25, 0.3) is 0 Å². The molecule has 0 aliphatic heterocycles. The predicted octanol–water partition coefficient (Wildman–Crippen LogP) is 6.46. The maximum atomic E-state index is 14.4. The van der Waals surface area contributed by atoms with Crippen LogP contribution in [0, 0.1) is 0 Å². The predicted molar refractivity (Wildman–Crippen MR) is 177 cm³/mol. The number of nitrogens with one attached hydrogen (secondary N) is 1. The molecule has 1 N–H and O–H groups in total. The number of sulfonamides is 1. The van der Waals surface area contributed by atoms with Crippen LogP contribution < -0.4 is 19.1 Å². The first kappa shape index (κ1) is 34.4. The summed E-state index contributed by atoms with van der Waals surface area (Å²) >= 11 is 12.7. The third kappa shape index (κ3) is 8.42. The van der Waals surface area contributed by atoms with E-state index in [1.165, 1.54) is 37.3 Å². The van der Waals surface area contributed by atoms with Crippen molar-refractivity contribution >= 4 is 50.7 Å². The minimum Gasteiger partial charge on any atom is -0.493 e. The fraction of sp³-hybridized carbons (Fsp3) is 0.394. The quantitative estimate of drug-likeness (QED) is 0.223. The summed E-state index contributed by atoms with van der Waals surface area (Å²) in [7, 11) is -1.33. The molecule has 0 spiro atoms. The number of hydrogen-bond donors (Lipinski definition) is 1. The number of carbonyl (C=O) groups excluding carboxylic acids is 2. The van der Waals surface area contributed by atoms with Gasteiger partial charge < -0.3 is 19.7 Å². The molecular weight excluding hydrogens is 637 g/mol. The molecule has 0 radical (unpaired) electrons. The van der Waals surface area contributed by atoms with Crippen LogP contribution in [0.4, 0.5) is 5.69 Å². The van der Waals surface area contributed by atoms with Gasteiger partial charge in [0.2, 0.25) is 11.8 Å². The average Bonchev–Trinajstić information content (AvgIpc) is 3.04. The molecule has 3 aromatic carbocycles. The molecular formula is C33H39Cl2N3O6S. The Morgan fingerprint density at radius 2 is 1.62 bits per heavy atom. The number of amides is 2. The number of rotatable bonds is 13. The van der Waals surface area contributed by atoms with Crippen LogP contribution in [-0.2, 0) is 26.2 Å². The van der Waals surface area contributed by atoms with Gasteiger partial charge >= 0.3 is 0 Å². The average molecular weight is 677 g/mol. The van der Waals surface area contributed by atoms with E-state index < -0.39 is 28.5 Å². The highest BCUT2D eigenvalue weighted by atomic mass is 35.5. The van der Waals surface area contributed by atoms with Crippen LogP contribution >= 0.6 is 23.2 Å². The van der Waals surface area contributed by atoms with Gasteiger partial charge in [-0.3, -0.25) is 13.9 Å². The van der Waals surface area contributed by atoms with Gasteiger partial charge in [-0.05, 0) is 61.2 Å². The maximum absolute atomic E-state index is 14.4. The van der Waals surface area contributed by atoms with Crippen molar-refractivity contribution in [2.45, 2.75) is 69.0 Å². The zero-order valence-electron chi connectivity index (χ0n) is 25.7. The SMILES string of the molecule is CC[C@H](C(=O)NC1CCCCC1)N(Cc1ccc(Cl)cc1Cl)C(=O)CN(c1ccc(OC)c(OC)c1)S(=O)(=O)c1ccccc1. The standard InChI is InChI=1S/C33H39Cl2N3O6S/c1-4-29(33(40)36-25-11-7-5-8-12-25)37(21-23-15-16-24(34)19-28(23)35)32(39)22-38(45(41,42)27-13-9-6-10-14-27)26-17-18-30(43-2)31(20-26)44-3/h6,9-10,13-20,25,29H,4-5,7-8,11-12,21-22H2,1-3H3,(H,36,40)/t29-/m1/s1. The van der Waals surface area contributed by atoms with E-state index in [4.69, 9.17) is 32.7 Å². The fourth-order valence-electron chi connectivity index (χ4n) is 5.53. The molecule has 1 atom stereocenters. The molecule has 242 valence electrons. The lowest BCUT2D eigenvalue weighted by atomic mass is 9.95. The van der Waals surface area contributed by atoms with E-state index in [0.29, 0.717) is 33.5 Å². The van der Waals surface area contributed by atoms with Crippen LogP contribution in [0.1, 0.15) is 51.0 Å². The van der Waals surface area contributed by atoms with Gasteiger partial charge in [0.25, 0.3) is 10.0 Å². The lowest BCUT2D eigenvalue weighted by molar-refractivity contribution is -0.140. The molecule has 45 heavy (non-hydrogen) atoms. The van der Waals surface area contributed by atoms with Gasteiger partial charge in [0, 0.05) is 28.7 Å². The Hall–Kier alpha value is -3.47. The highest BCUT2D eigenvalue weighted by Gasteiger charge is 2.35. The summed E-state index contributed by atoms with van der Waals surface area (Å²) in [4.78, 5) is 29.5. The Balaban J connectivity index is 1.76. The Bertz CT molecular complexity index is 1580. The Morgan fingerprint density at radius 3 is 2.24 bits per heavy atom. The summed E-state index contributed by atoms with van der Waals surface area (Å²) in [6, 6.07) is 16.5. The molecule has 1 saturated carbocycles. The van der Waals surface area contributed by atoms with E-state index in [-0.39, 0.29) is 29.1 Å². The van der Waals surface area contributed by atoms with Crippen LogP contribution in [0.5, 0.6) is 11.5 Å². The van der Waals surface area contributed by atoms with Crippen LogP contribution in [0.3, 0.4) is 0 Å². The number of anilines is 1. The smallest absolute Gasteiger partial charge is 0.264 e. The van der Waals surface area contributed by atoms with Crippen LogP contribution in [0.15, 0.2) is 71.6 Å². The molecule has 0 aromatic heterocycles. The largest absolute Gasteiger partial charge is 0.493 e. The summed E-state index contributed by atoms with van der Waals surface area (Å²) in [6.07, 6.45) is 5.25. The third-order valence-electron chi connectivity index (χ3n) is 7.96. The third-order valence-corrected chi connectivity index (χ3v) is 10.3. The zero-order chi connectivity index (χ0) is 32.6. The van der Waals surface area contributed by atoms with Gasteiger partial charge in [-0.2, -0.15) is 0 Å². The summed E-state index contributed by atoms with van der Waals surface area (Å²) in [5.74, 6) is -0.180. The van der Waals surface area contributed by atoms with Crippen molar-refractivity contribution in [1.29, 1.82) is 0 Å². The minimum atomic E-state index is -4.24. The topological polar surface area (TPSA) is 105 Å². The summed E-state index contributed by atoms with van der Waals surface area (Å²) in [5.41, 5.74) is 0.760. The Kier molecular flexibility index (Phi) is 12.0. The van der Waals surface area contributed by atoms with Crippen molar-refractivity contribution in [2.75, 3.05) is 25.1 Å². The number of methoxy groups -OCH3 is 2. The Morgan fingerprint density at radius 1 is 0.933 bits per heavy atom. The highest BCUT2D eigenvalue weighted by molar-refractivity contribution is 7.92. The molecule has 0 bridgehead atoms. The lowest BCUT2D eigenvalue weighted by Gasteiger charge is -2.34. The molecule has 9 nitrogen and oxygen atoms in total. The van der Waals surface area contributed by atoms with Crippen molar-refractivity contribution < 1.29 is 27.5 Å². The summed E-state index contributed by atoms with van der Waals surface area (Å²) in [6.45, 7) is 1.20. The van der Waals surface area contributed by atoms with Crippen molar-refractivity contribution in [3.8, 4) is 11.5 Å². The molecule has 4 rings (SSSR count). The van der Waals surface area contributed by atoms with Gasteiger partial charge in [-0.1, -0.05) is 73.7 Å². The second-order valence-electron chi connectivity index (χ2n) is 10.9. The van der Waals surface area contributed by atoms with E-state index in [1.54, 1.807) is 48.5 Å². The van der Waals surface area contributed by atoms with Crippen LogP contribution in [0.2, 0.25) is 10.0 Å². The van der Waals surface area contributed by atoms with Crippen molar-refractivity contribution in [3.63, 3.8) is 0 Å². The molecule has 0 heterocycles. The molecule has 1 aliphatic carbocycles. The van der Waals surface area contributed by atoms with E-state index in [2.05, 4.69) is 5.32 Å². The van der Waals surface area contributed by atoms with E-state index in [0.717, 1.165) is 36.4 Å². The zero-order valence-corrected chi connectivity index (χ0v) is 28.0. The van der Waals surface area contributed by atoms with Gasteiger partial charge in [-0.25, -0.2) is 8.42 Å². The van der Waals surface area contributed by atoms with Gasteiger partial charge in [0.05, 0.1) is 24.8 Å². The molecule has 0 unspecified atom stereocenters. The lowest BCUT2D eigenvalue weighted by Crippen LogP contribution is -2.54. The first-order valence-corrected chi connectivity index (χ1v) is 17.1. The van der Waals surface area contributed by atoms with Crippen molar-refractivity contribution in [3.05, 3.63) is 82.3 Å². The van der Waals surface area contributed by atoms with Crippen molar-refractivity contribution in [1.82, 2.24) is 10.2 Å². The summed E-state index contributed by atoms with van der Waals surface area (Å²) < 4.78 is 40.0. The monoisotopic (exact) mass is 675 g/mol. The number of carbonyl (C=O) groups is 2. The first-order chi connectivity index (χ1) is 21.6. The van der Waals surface area contributed by atoms with E-state index in [9.17, 15) is 18.0 Å². The maximum Gasteiger partial charge on any atom is 0.264 e. The molecule has 3 aromatic rings. The fourth-order valence-corrected chi connectivity index (χ4v) is 7.42. The second-order valence-corrected chi connectivity index (χ2v) is 13.6. The highest BCUT2D eigenvalue weighted by Crippen LogP contribution is 2.34. The number of benzene rings is 3. The number of ether oxygens (including phenoxy) is 2. The Labute approximate surface area is 275 Å². The normalized spacial score (nSPS) is 14.3. The van der Waals surface area contributed by atoms with Gasteiger partial charge in [0.1, 0.15) is 12.6 Å². The molecule has 1 fully saturated rings. The second kappa shape index (κ2) is 15.7. The summed E-state index contributed by atoms with van der Waals surface area (Å²) in [5, 5.41) is 3.89. The molecule has 2 amide bonds. The molecule has 1 aliphatic rings. The van der Waals surface area contributed by atoms with Crippen molar-refractivity contribution in [2.24, 2.45) is 0 Å². The van der Waals surface area contributed by atoms with Crippen LogP contribution in [-0.4, -0.2) is 58.0 Å². The van der Waals surface area contributed by atoms with E-state index in [1.807, 2.05) is 6.92 Å². The number of hydrogen-bond acceptors (Lipinski definition) is 6.